The second-order valence-corrected chi connectivity index (χ2v) is 8.75. The molecular formula is C24H20N4O4S. The lowest BCUT2D eigenvalue weighted by Gasteiger charge is -2.16. The summed E-state index contributed by atoms with van der Waals surface area (Å²) >= 11 is 1.14. The van der Waals surface area contributed by atoms with Gasteiger partial charge in [-0.2, -0.15) is 0 Å². The van der Waals surface area contributed by atoms with Crippen molar-refractivity contribution in [3.8, 4) is 5.69 Å². The van der Waals surface area contributed by atoms with Crippen LogP contribution in [0, 0.1) is 17.0 Å². The molecule has 33 heavy (non-hydrogen) atoms. The van der Waals surface area contributed by atoms with Crippen LogP contribution in [0.4, 0.5) is 11.4 Å². The SMILES string of the molecule is Cc1ccc(-n2c(S[C@@H](C)C(=O)Nc3cccc([N+](=O)[O-])c3)nc3ccccc3c2=O)cc1. The summed E-state index contributed by atoms with van der Waals surface area (Å²) in [7, 11) is 0. The number of hydrogen-bond donors (Lipinski definition) is 1. The van der Waals surface area contributed by atoms with Crippen LogP contribution in [-0.4, -0.2) is 25.6 Å². The number of nitro groups is 1. The average Bonchev–Trinajstić information content (AvgIpc) is 2.80. The first-order valence-electron chi connectivity index (χ1n) is 10.1. The van der Waals surface area contributed by atoms with Gasteiger partial charge in [0.2, 0.25) is 5.91 Å². The number of nitrogens with zero attached hydrogens (tertiary/aromatic N) is 3. The Kier molecular flexibility index (Phi) is 6.23. The number of hydrogen-bond acceptors (Lipinski definition) is 6. The molecule has 0 spiro atoms. The van der Waals surface area contributed by atoms with Crippen molar-refractivity contribution in [2.45, 2.75) is 24.3 Å². The van der Waals surface area contributed by atoms with Crippen molar-refractivity contribution < 1.29 is 9.72 Å². The van der Waals surface area contributed by atoms with Crippen molar-refractivity contribution in [2.24, 2.45) is 0 Å². The number of carbonyl (C=O) groups is 1. The Morgan fingerprint density at radius 2 is 1.82 bits per heavy atom. The first-order chi connectivity index (χ1) is 15.8. The van der Waals surface area contributed by atoms with Gasteiger partial charge in [0.15, 0.2) is 5.16 Å². The molecule has 3 aromatic carbocycles. The van der Waals surface area contributed by atoms with Gasteiger partial charge < -0.3 is 5.32 Å². The lowest BCUT2D eigenvalue weighted by Crippen LogP contribution is -2.26. The van der Waals surface area contributed by atoms with E-state index >= 15 is 0 Å². The highest BCUT2D eigenvalue weighted by Gasteiger charge is 2.21. The van der Waals surface area contributed by atoms with E-state index in [2.05, 4.69) is 10.3 Å². The highest BCUT2D eigenvalue weighted by atomic mass is 32.2. The highest BCUT2D eigenvalue weighted by Crippen LogP contribution is 2.26. The minimum Gasteiger partial charge on any atom is -0.325 e. The third-order valence-corrected chi connectivity index (χ3v) is 6.07. The summed E-state index contributed by atoms with van der Waals surface area (Å²) in [6.45, 7) is 3.65. The first kappa shape index (κ1) is 22.2. The smallest absolute Gasteiger partial charge is 0.271 e. The molecule has 0 radical (unpaired) electrons. The van der Waals surface area contributed by atoms with Gasteiger partial charge in [0.25, 0.3) is 11.2 Å². The topological polar surface area (TPSA) is 107 Å². The quantitative estimate of drug-likeness (QED) is 0.193. The van der Waals surface area contributed by atoms with Gasteiger partial charge >= 0.3 is 0 Å². The molecule has 0 saturated heterocycles. The molecule has 0 fully saturated rings. The van der Waals surface area contributed by atoms with Gasteiger partial charge in [-0.25, -0.2) is 4.98 Å². The van der Waals surface area contributed by atoms with Crippen molar-refractivity contribution in [3.63, 3.8) is 0 Å². The highest BCUT2D eigenvalue weighted by molar-refractivity contribution is 8.00. The molecule has 1 heterocycles. The maximum absolute atomic E-state index is 13.3. The van der Waals surface area contributed by atoms with E-state index in [1.807, 2.05) is 31.2 Å². The molecular weight excluding hydrogens is 440 g/mol. The largest absolute Gasteiger partial charge is 0.325 e. The van der Waals surface area contributed by atoms with Crippen LogP contribution >= 0.6 is 11.8 Å². The van der Waals surface area contributed by atoms with Crippen LogP contribution in [0.3, 0.4) is 0 Å². The van der Waals surface area contributed by atoms with E-state index in [0.29, 0.717) is 27.4 Å². The van der Waals surface area contributed by atoms with Crippen LogP contribution in [0.25, 0.3) is 16.6 Å². The molecule has 0 saturated carbocycles. The summed E-state index contributed by atoms with van der Waals surface area (Å²) < 4.78 is 1.50. The number of carbonyl (C=O) groups excluding carboxylic acids is 1. The number of anilines is 1. The van der Waals surface area contributed by atoms with Gasteiger partial charge in [-0.05, 0) is 44.2 Å². The zero-order chi connectivity index (χ0) is 23.5. The number of non-ortho nitro benzene ring substituents is 1. The molecule has 0 unspecified atom stereocenters. The van der Waals surface area contributed by atoms with Crippen molar-refractivity contribution in [1.29, 1.82) is 0 Å². The number of rotatable bonds is 6. The number of para-hydroxylation sites is 1. The minimum absolute atomic E-state index is 0.113. The summed E-state index contributed by atoms with van der Waals surface area (Å²) in [4.78, 5) is 41.3. The fraction of sp³-hybridized carbons (Fsp3) is 0.125. The Morgan fingerprint density at radius 3 is 2.55 bits per heavy atom. The predicted octanol–water partition coefficient (Wildman–Crippen LogP) is 4.72. The Labute approximate surface area is 193 Å². The molecule has 1 N–H and O–H groups in total. The number of fused-ring (bicyclic) bond motifs is 1. The monoisotopic (exact) mass is 460 g/mol. The van der Waals surface area contributed by atoms with Gasteiger partial charge in [-0.3, -0.25) is 24.3 Å². The van der Waals surface area contributed by atoms with Gasteiger partial charge in [0.1, 0.15) is 0 Å². The lowest BCUT2D eigenvalue weighted by molar-refractivity contribution is -0.384. The molecule has 4 rings (SSSR count). The van der Waals surface area contributed by atoms with Crippen molar-refractivity contribution >= 4 is 39.9 Å². The van der Waals surface area contributed by atoms with Crippen LogP contribution in [-0.2, 0) is 4.79 Å². The minimum atomic E-state index is -0.631. The van der Waals surface area contributed by atoms with Gasteiger partial charge in [-0.1, -0.05) is 47.7 Å². The molecule has 4 aromatic rings. The Hall–Kier alpha value is -3.98. The summed E-state index contributed by atoms with van der Waals surface area (Å²) in [6.07, 6.45) is 0. The molecule has 0 aliphatic carbocycles. The van der Waals surface area contributed by atoms with E-state index in [0.717, 1.165) is 17.3 Å². The second-order valence-electron chi connectivity index (χ2n) is 7.44. The van der Waals surface area contributed by atoms with Crippen LogP contribution in [0.15, 0.2) is 82.7 Å². The van der Waals surface area contributed by atoms with E-state index in [9.17, 15) is 19.7 Å². The Balaban J connectivity index is 1.68. The van der Waals surface area contributed by atoms with E-state index in [1.165, 1.54) is 22.8 Å². The van der Waals surface area contributed by atoms with Crippen LogP contribution in [0.5, 0.6) is 0 Å². The lowest BCUT2D eigenvalue weighted by atomic mass is 10.2. The Morgan fingerprint density at radius 1 is 1.09 bits per heavy atom. The van der Waals surface area contributed by atoms with Crippen LogP contribution in [0.1, 0.15) is 12.5 Å². The van der Waals surface area contributed by atoms with Crippen molar-refractivity contribution in [1.82, 2.24) is 9.55 Å². The predicted molar refractivity (Wildman–Crippen MR) is 129 cm³/mol. The average molecular weight is 461 g/mol. The summed E-state index contributed by atoms with van der Waals surface area (Å²) in [5.74, 6) is -0.363. The summed E-state index contributed by atoms with van der Waals surface area (Å²) in [5, 5.41) is 13.9. The summed E-state index contributed by atoms with van der Waals surface area (Å²) in [5.41, 5.74) is 2.23. The number of amides is 1. The van der Waals surface area contributed by atoms with Crippen LogP contribution in [0.2, 0.25) is 0 Å². The third kappa shape index (κ3) is 4.78. The molecule has 0 aliphatic heterocycles. The fourth-order valence-electron chi connectivity index (χ4n) is 3.27. The van der Waals surface area contributed by atoms with Gasteiger partial charge in [0, 0.05) is 17.8 Å². The molecule has 9 heteroatoms. The number of nitrogens with one attached hydrogen (secondary N) is 1. The number of benzene rings is 3. The van der Waals surface area contributed by atoms with Crippen molar-refractivity contribution in [2.75, 3.05) is 5.32 Å². The van der Waals surface area contributed by atoms with E-state index in [-0.39, 0.29) is 17.2 Å². The fourth-order valence-corrected chi connectivity index (χ4v) is 4.19. The molecule has 166 valence electrons. The van der Waals surface area contributed by atoms with E-state index < -0.39 is 10.2 Å². The molecule has 1 amide bonds. The number of thioether (sulfide) groups is 1. The normalized spacial score (nSPS) is 11.8. The molecule has 8 nitrogen and oxygen atoms in total. The standard InChI is InChI=1S/C24H20N4O4S/c1-15-10-12-18(13-11-15)27-23(30)20-8-3-4-9-21(20)26-24(27)33-16(2)22(29)25-17-6-5-7-19(14-17)28(31)32/h3-14,16H,1-2H3,(H,25,29)/t16-/m0/s1. The molecule has 1 atom stereocenters. The third-order valence-electron chi connectivity index (χ3n) is 5.01. The van der Waals surface area contributed by atoms with Crippen LogP contribution < -0.4 is 10.9 Å². The first-order valence-corrected chi connectivity index (χ1v) is 11.0. The van der Waals surface area contributed by atoms with Crippen molar-refractivity contribution in [3.05, 3.63) is 98.8 Å². The van der Waals surface area contributed by atoms with E-state index in [1.54, 1.807) is 37.3 Å². The zero-order valence-corrected chi connectivity index (χ0v) is 18.7. The summed E-state index contributed by atoms with van der Waals surface area (Å²) in [6, 6.07) is 20.3. The number of nitro benzene ring substituents is 1. The molecule has 0 bridgehead atoms. The number of aromatic nitrogens is 2. The molecule has 0 aliphatic rings. The van der Waals surface area contributed by atoms with E-state index in [4.69, 9.17) is 0 Å². The maximum Gasteiger partial charge on any atom is 0.271 e. The number of aryl methyl sites for hydroxylation is 1. The maximum atomic E-state index is 13.3. The Bertz CT molecular complexity index is 1420. The zero-order valence-electron chi connectivity index (χ0n) is 17.9. The van der Waals surface area contributed by atoms with Gasteiger partial charge in [0.05, 0.1) is 26.8 Å². The van der Waals surface area contributed by atoms with Gasteiger partial charge in [-0.15, -0.1) is 0 Å². The second kappa shape index (κ2) is 9.25. The molecule has 1 aromatic heterocycles.